The summed E-state index contributed by atoms with van der Waals surface area (Å²) in [6.07, 6.45) is 18.9. The lowest BCUT2D eigenvalue weighted by molar-refractivity contribution is 0.245. The number of hydrogen-bond acceptors (Lipinski definition) is 2. The van der Waals surface area contributed by atoms with E-state index >= 15 is 0 Å². The Morgan fingerprint density at radius 2 is 1.57 bits per heavy atom. The Labute approximate surface area is 130 Å². The molecule has 0 bridgehead atoms. The lowest BCUT2D eigenvalue weighted by Crippen LogP contribution is -2.45. The Morgan fingerprint density at radius 3 is 2.33 bits per heavy atom. The van der Waals surface area contributed by atoms with Gasteiger partial charge in [0, 0.05) is 23.2 Å². The molecule has 4 aliphatic rings. The first kappa shape index (κ1) is 14.5. The first-order valence-electron chi connectivity index (χ1n) is 9.73. The fourth-order valence-electron chi connectivity index (χ4n) is 6.19. The van der Waals surface area contributed by atoms with E-state index in [1.54, 1.807) is 0 Å². The van der Waals surface area contributed by atoms with Gasteiger partial charge in [-0.1, -0.05) is 19.3 Å². The van der Waals surface area contributed by atoms with Crippen molar-refractivity contribution in [1.82, 2.24) is 10.6 Å². The third-order valence-corrected chi connectivity index (χ3v) is 7.23. The maximum Gasteiger partial charge on any atom is 0.0187 e. The van der Waals surface area contributed by atoms with Crippen LogP contribution >= 0.6 is 0 Å². The van der Waals surface area contributed by atoms with Crippen molar-refractivity contribution >= 4 is 0 Å². The van der Waals surface area contributed by atoms with Gasteiger partial charge in [-0.2, -0.15) is 0 Å². The van der Waals surface area contributed by atoms with Gasteiger partial charge in [0.2, 0.25) is 0 Å². The molecule has 2 heterocycles. The Morgan fingerprint density at radius 1 is 0.810 bits per heavy atom. The summed E-state index contributed by atoms with van der Waals surface area (Å²) < 4.78 is 0. The lowest BCUT2D eigenvalue weighted by Gasteiger charge is -2.35. The van der Waals surface area contributed by atoms with Crippen molar-refractivity contribution < 1.29 is 0 Å². The van der Waals surface area contributed by atoms with Crippen molar-refractivity contribution in [1.29, 1.82) is 0 Å². The van der Waals surface area contributed by atoms with Gasteiger partial charge in [-0.05, 0) is 77.0 Å². The number of rotatable bonds is 2. The summed E-state index contributed by atoms with van der Waals surface area (Å²) in [5, 5.41) is 8.02. The molecule has 0 amide bonds. The highest BCUT2D eigenvalue weighted by Crippen LogP contribution is 2.45. The van der Waals surface area contributed by atoms with E-state index in [0.717, 1.165) is 18.0 Å². The van der Waals surface area contributed by atoms with E-state index in [4.69, 9.17) is 0 Å². The van der Waals surface area contributed by atoms with Crippen LogP contribution in [0, 0.1) is 5.92 Å². The summed E-state index contributed by atoms with van der Waals surface area (Å²) in [6.45, 7) is 2.37. The van der Waals surface area contributed by atoms with Crippen LogP contribution in [0.4, 0.5) is 0 Å². The van der Waals surface area contributed by atoms with Gasteiger partial charge in [0.05, 0.1) is 0 Å². The third kappa shape index (κ3) is 2.91. The molecule has 120 valence electrons. The van der Waals surface area contributed by atoms with Gasteiger partial charge in [0.1, 0.15) is 0 Å². The quantitative estimate of drug-likeness (QED) is 0.798. The van der Waals surface area contributed by atoms with E-state index in [9.17, 15) is 0 Å². The molecule has 4 atom stereocenters. The molecule has 0 aromatic heterocycles. The van der Waals surface area contributed by atoms with E-state index in [1.807, 2.05) is 0 Å². The largest absolute Gasteiger partial charge is 0.309 e. The molecule has 2 aliphatic carbocycles. The van der Waals surface area contributed by atoms with Crippen LogP contribution in [0.5, 0.6) is 0 Å². The zero-order valence-corrected chi connectivity index (χ0v) is 13.9. The zero-order chi connectivity index (χ0) is 14.3. The average molecular weight is 290 g/mol. The van der Waals surface area contributed by atoms with Crippen LogP contribution in [-0.2, 0) is 0 Å². The van der Waals surface area contributed by atoms with Crippen molar-refractivity contribution in [2.75, 3.05) is 0 Å². The lowest BCUT2D eigenvalue weighted by atomic mass is 9.81. The molecule has 2 aliphatic heterocycles. The van der Waals surface area contributed by atoms with Crippen LogP contribution in [0.3, 0.4) is 0 Å². The van der Waals surface area contributed by atoms with E-state index in [0.29, 0.717) is 11.1 Å². The molecule has 2 spiro atoms. The zero-order valence-electron chi connectivity index (χ0n) is 13.9. The van der Waals surface area contributed by atoms with Crippen LogP contribution < -0.4 is 10.6 Å². The standard InChI is InChI=1S/C19H34N2/c1-15-5-10-19(20-15)11-6-16(14-19)13-17-7-12-18(21-17)8-3-2-4-9-18/h15-17,20-21H,2-14H2,1H3. The van der Waals surface area contributed by atoms with Gasteiger partial charge in [0.25, 0.3) is 0 Å². The second kappa shape index (κ2) is 5.53. The second-order valence-corrected chi connectivity index (χ2v) is 8.93. The summed E-state index contributed by atoms with van der Waals surface area (Å²) in [4.78, 5) is 0. The molecular formula is C19H34N2. The molecule has 2 nitrogen and oxygen atoms in total. The molecular weight excluding hydrogens is 256 g/mol. The molecule has 4 unspecified atom stereocenters. The highest BCUT2D eigenvalue weighted by Gasteiger charge is 2.45. The molecule has 2 saturated heterocycles. The van der Waals surface area contributed by atoms with Gasteiger partial charge >= 0.3 is 0 Å². The molecule has 0 aromatic carbocycles. The molecule has 2 N–H and O–H groups in total. The van der Waals surface area contributed by atoms with Crippen molar-refractivity contribution in [3.05, 3.63) is 0 Å². The Balaban J connectivity index is 1.30. The van der Waals surface area contributed by atoms with Gasteiger partial charge in [-0.15, -0.1) is 0 Å². The van der Waals surface area contributed by atoms with E-state index in [1.165, 1.54) is 83.5 Å². The molecule has 2 heteroatoms. The van der Waals surface area contributed by atoms with Gasteiger partial charge in [-0.25, -0.2) is 0 Å². The average Bonchev–Trinajstić information content (AvgIpc) is 3.14. The summed E-state index contributed by atoms with van der Waals surface area (Å²) >= 11 is 0. The SMILES string of the molecule is CC1CCC2(CCC(CC3CCC4(CCCCC4)N3)C2)N1. The van der Waals surface area contributed by atoms with Gasteiger partial charge in [0.15, 0.2) is 0 Å². The number of nitrogens with one attached hydrogen (secondary N) is 2. The predicted molar refractivity (Wildman–Crippen MR) is 88.5 cm³/mol. The second-order valence-electron chi connectivity index (χ2n) is 8.93. The topological polar surface area (TPSA) is 24.1 Å². The minimum absolute atomic E-state index is 0.547. The molecule has 0 aromatic rings. The monoisotopic (exact) mass is 290 g/mol. The third-order valence-electron chi connectivity index (χ3n) is 7.23. The normalized spacial score (nSPS) is 45.9. The highest BCUT2D eigenvalue weighted by atomic mass is 15.1. The molecule has 21 heavy (non-hydrogen) atoms. The maximum absolute atomic E-state index is 4.10. The predicted octanol–water partition coefficient (Wildman–Crippen LogP) is 4.14. The molecule has 4 fully saturated rings. The fourth-order valence-corrected chi connectivity index (χ4v) is 6.19. The molecule has 2 saturated carbocycles. The van der Waals surface area contributed by atoms with Crippen molar-refractivity contribution in [3.63, 3.8) is 0 Å². The Hall–Kier alpha value is -0.0800. The minimum atomic E-state index is 0.547. The minimum Gasteiger partial charge on any atom is -0.309 e. The Kier molecular flexibility index (Phi) is 3.82. The van der Waals surface area contributed by atoms with Gasteiger partial charge < -0.3 is 10.6 Å². The smallest absolute Gasteiger partial charge is 0.0187 e. The summed E-state index contributed by atoms with van der Waals surface area (Å²) in [7, 11) is 0. The maximum atomic E-state index is 4.10. The van der Waals surface area contributed by atoms with E-state index < -0.39 is 0 Å². The summed E-state index contributed by atoms with van der Waals surface area (Å²) in [6, 6.07) is 1.60. The van der Waals surface area contributed by atoms with Crippen LogP contribution in [0.1, 0.15) is 90.4 Å². The van der Waals surface area contributed by atoms with Gasteiger partial charge in [-0.3, -0.25) is 0 Å². The van der Waals surface area contributed by atoms with Crippen LogP contribution in [0.15, 0.2) is 0 Å². The molecule has 4 rings (SSSR count). The van der Waals surface area contributed by atoms with Crippen LogP contribution in [0.2, 0.25) is 0 Å². The first-order valence-corrected chi connectivity index (χ1v) is 9.73. The summed E-state index contributed by atoms with van der Waals surface area (Å²) in [5.41, 5.74) is 1.12. The van der Waals surface area contributed by atoms with E-state index in [2.05, 4.69) is 17.6 Å². The highest BCUT2D eigenvalue weighted by molar-refractivity contribution is 5.04. The first-order chi connectivity index (χ1) is 10.2. The fraction of sp³-hybridized carbons (Fsp3) is 1.00. The van der Waals surface area contributed by atoms with Crippen molar-refractivity contribution in [3.8, 4) is 0 Å². The van der Waals surface area contributed by atoms with E-state index in [-0.39, 0.29) is 0 Å². The van der Waals surface area contributed by atoms with Crippen LogP contribution in [-0.4, -0.2) is 23.2 Å². The van der Waals surface area contributed by atoms with Crippen molar-refractivity contribution in [2.45, 2.75) is 114 Å². The molecule has 0 radical (unpaired) electrons. The number of hydrogen-bond donors (Lipinski definition) is 2. The van der Waals surface area contributed by atoms with Crippen LogP contribution in [0.25, 0.3) is 0 Å². The van der Waals surface area contributed by atoms with Crippen molar-refractivity contribution in [2.24, 2.45) is 5.92 Å². The summed E-state index contributed by atoms with van der Waals surface area (Å²) in [5.74, 6) is 0.985. The Bertz CT molecular complexity index is 354.